The van der Waals surface area contributed by atoms with Gasteiger partial charge in [0.2, 0.25) is 0 Å². The van der Waals surface area contributed by atoms with Gasteiger partial charge in [0.25, 0.3) is 0 Å². The van der Waals surface area contributed by atoms with Crippen LogP contribution in [0.3, 0.4) is 0 Å². The van der Waals surface area contributed by atoms with Gasteiger partial charge in [0.1, 0.15) is 0 Å². The van der Waals surface area contributed by atoms with Gasteiger partial charge in [0, 0.05) is 35.2 Å². The summed E-state index contributed by atoms with van der Waals surface area (Å²) in [5, 5.41) is 19.7. The van der Waals surface area contributed by atoms with Crippen LogP contribution in [-0.4, -0.2) is 25.5 Å². The molecule has 2 aromatic heterocycles. The lowest BCUT2D eigenvalue weighted by Gasteiger charge is -2.12. The Morgan fingerprint density at radius 1 is 1.13 bits per heavy atom. The van der Waals surface area contributed by atoms with E-state index in [4.69, 9.17) is 10.2 Å². The zero-order valence-corrected chi connectivity index (χ0v) is 18.3. The number of benzene rings is 2. The molecule has 2 aromatic carbocycles. The molecule has 4 rings (SSSR count). The lowest BCUT2D eigenvalue weighted by atomic mass is 10.0. The maximum absolute atomic E-state index is 8.78. The largest absolute Gasteiger partial charge is 0.298 e. The van der Waals surface area contributed by atoms with Gasteiger partial charge in [-0.3, -0.25) is 4.57 Å². The van der Waals surface area contributed by atoms with Crippen LogP contribution in [-0.2, 0) is 6.54 Å². The van der Waals surface area contributed by atoms with E-state index in [9.17, 15) is 0 Å². The van der Waals surface area contributed by atoms with Crippen LogP contribution < -0.4 is 0 Å². The molecule has 4 aromatic rings. The van der Waals surface area contributed by atoms with E-state index < -0.39 is 0 Å². The molecule has 0 atom stereocenters. The maximum Gasteiger partial charge on any atom is 0.191 e. The number of aromatic nitrogens is 4. The van der Waals surface area contributed by atoms with E-state index in [-0.39, 0.29) is 0 Å². The van der Waals surface area contributed by atoms with Crippen molar-refractivity contribution >= 4 is 22.7 Å². The molecule has 0 radical (unpaired) electrons. The Labute approximate surface area is 186 Å². The van der Waals surface area contributed by atoms with Crippen molar-refractivity contribution in [3.05, 3.63) is 72.8 Å². The second kappa shape index (κ2) is 9.59. The molecule has 0 unspecified atom stereocenters. The SMILES string of the molecule is C=CCn1c(SCCCC#N)nnc1-c1cc(-c2ccc(C)cc2)nc2ccccc12. The molecular formula is C25H23N5S. The highest BCUT2D eigenvalue weighted by Gasteiger charge is 2.17. The van der Waals surface area contributed by atoms with E-state index in [1.807, 2.05) is 24.3 Å². The van der Waals surface area contributed by atoms with Crippen LogP contribution in [0.5, 0.6) is 0 Å². The predicted octanol–water partition coefficient (Wildman–Crippen LogP) is 6.05. The quantitative estimate of drug-likeness (QED) is 0.195. The smallest absolute Gasteiger partial charge is 0.191 e. The number of para-hydroxylation sites is 1. The van der Waals surface area contributed by atoms with Crippen molar-refractivity contribution in [2.75, 3.05) is 5.75 Å². The Morgan fingerprint density at radius 2 is 1.94 bits per heavy atom. The third kappa shape index (κ3) is 4.52. The molecule has 0 aliphatic heterocycles. The minimum atomic E-state index is 0.546. The zero-order valence-electron chi connectivity index (χ0n) is 17.5. The highest BCUT2D eigenvalue weighted by molar-refractivity contribution is 7.99. The van der Waals surface area contributed by atoms with Crippen molar-refractivity contribution < 1.29 is 0 Å². The van der Waals surface area contributed by atoms with E-state index in [1.165, 1.54) is 5.56 Å². The number of rotatable bonds is 8. The molecule has 0 aliphatic carbocycles. The van der Waals surface area contributed by atoms with Crippen molar-refractivity contribution in [2.24, 2.45) is 0 Å². The summed E-state index contributed by atoms with van der Waals surface area (Å²) in [4.78, 5) is 4.90. The fraction of sp³-hybridized carbons (Fsp3) is 0.200. The number of hydrogen-bond donors (Lipinski definition) is 0. The Bertz CT molecular complexity index is 1250. The second-order valence-corrected chi connectivity index (χ2v) is 8.32. The topological polar surface area (TPSA) is 67.4 Å². The van der Waals surface area contributed by atoms with Gasteiger partial charge in [0.05, 0.1) is 17.3 Å². The molecule has 6 heteroatoms. The monoisotopic (exact) mass is 425 g/mol. The number of thioether (sulfide) groups is 1. The third-order valence-electron chi connectivity index (χ3n) is 5.00. The van der Waals surface area contributed by atoms with Gasteiger partial charge in [0.15, 0.2) is 11.0 Å². The van der Waals surface area contributed by atoms with Crippen LogP contribution in [0.15, 0.2) is 72.4 Å². The first-order valence-electron chi connectivity index (χ1n) is 10.2. The van der Waals surface area contributed by atoms with Crippen LogP contribution in [0.25, 0.3) is 33.5 Å². The van der Waals surface area contributed by atoms with Gasteiger partial charge in [-0.1, -0.05) is 65.9 Å². The summed E-state index contributed by atoms with van der Waals surface area (Å²) in [5.74, 6) is 1.63. The standard InChI is InChI=1S/C25H23N5S/c1-3-15-30-24(28-29-25(30)31-16-7-6-14-26)21-17-23(19-12-10-18(2)11-13-19)27-22-9-5-4-8-20(21)22/h3-5,8-13,17H,1,6-7,15-16H2,2H3. The van der Waals surface area contributed by atoms with Crippen molar-refractivity contribution in [2.45, 2.75) is 31.5 Å². The minimum absolute atomic E-state index is 0.546. The van der Waals surface area contributed by atoms with Crippen molar-refractivity contribution in [1.82, 2.24) is 19.7 Å². The molecule has 0 bridgehead atoms. The maximum atomic E-state index is 8.78. The van der Waals surface area contributed by atoms with Crippen LogP contribution in [0.4, 0.5) is 0 Å². The van der Waals surface area contributed by atoms with Gasteiger partial charge in [-0.05, 0) is 25.5 Å². The lowest BCUT2D eigenvalue weighted by Crippen LogP contribution is -2.02. The van der Waals surface area contributed by atoms with Gasteiger partial charge < -0.3 is 0 Å². The third-order valence-corrected chi connectivity index (χ3v) is 6.05. The number of pyridine rings is 1. The average Bonchev–Trinajstić information content (AvgIpc) is 3.19. The summed E-state index contributed by atoms with van der Waals surface area (Å²) in [6.07, 6.45) is 3.23. The van der Waals surface area contributed by atoms with E-state index in [0.717, 1.165) is 50.9 Å². The van der Waals surface area contributed by atoms with Crippen molar-refractivity contribution in [3.63, 3.8) is 0 Å². The van der Waals surface area contributed by atoms with Gasteiger partial charge in [-0.2, -0.15) is 5.26 Å². The molecule has 5 nitrogen and oxygen atoms in total. The molecule has 0 aliphatic rings. The van der Waals surface area contributed by atoms with Crippen LogP contribution in [0, 0.1) is 18.3 Å². The zero-order chi connectivity index (χ0) is 21.6. The van der Waals surface area contributed by atoms with E-state index in [1.54, 1.807) is 11.8 Å². The molecule has 0 fully saturated rings. The summed E-state index contributed by atoms with van der Waals surface area (Å²) in [6.45, 7) is 6.61. The minimum Gasteiger partial charge on any atom is -0.298 e. The van der Waals surface area contributed by atoms with E-state index in [2.05, 4.69) is 70.7 Å². The number of hydrogen-bond acceptors (Lipinski definition) is 5. The molecule has 0 spiro atoms. The molecule has 0 amide bonds. The fourth-order valence-corrected chi connectivity index (χ4v) is 4.32. The summed E-state index contributed by atoms with van der Waals surface area (Å²) in [6, 6.07) is 20.8. The Morgan fingerprint density at radius 3 is 2.71 bits per heavy atom. The first-order chi connectivity index (χ1) is 15.2. The summed E-state index contributed by atoms with van der Waals surface area (Å²) >= 11 is 1.62. The highest BCUT2D eigenvalue weighted by Crippen LogP contribution is 2.33. The first kappa shape index (κ1) is 20.8. The Kier molecular flexibility index (Phi) is 6.44. The number of fused-ring (bicyclic) bond motifs is 1. The summed E-state index contributed by atoms with van der Waals surface area (Å²) in [5.41, 5.74) is 5.11. The molecule has 0 saturated carbocycles. The number of unbranched alkanes of at least 4 members (excludes halogenated alkanes) is 1. The molecule has 2 heterocycles. The van der Waals surface area contributed by atoms with E-state index >= 15 is 0 Å². The number of aryl methyl sites for hydroxylation is 1. The predicted molar refractivity (Wildman–Crippen MR) is 127 cm³/mol. The van der Waals surface area contributed by atoms with Crippen molar-refractivity contribution in [3.8, 4) is 28.7 Å². The van der Waals surface area contributed by atoms with Crippen molar-refractivity contribution in [1.29, 1.82) is 5.26 Å². The fourth-order valence-electron chi connectivity index (χ4n) is 3.44. The van der Waals surface area contributed by atoms with Gasteiger partial charge in [-0.15, -0.1) is 16.8 Å². The van der Waals surface area contributed by atoms with Crippen LogP contribution in [0.1, 0.15) is 18.4 Å². The van der Waals surface area contributed by atoms with Gasteiger partial charge >= 0.3 is 0 Å². The summed E-state index contributed by atoms with van der Waals surface area (Å²) < 4.78 is 2.09. The Balaban J connectivity index is 1.83. The van der Waals surface area contributed by atoms with Crippen LogP contribution >= 0.6 is 11.8 Å². The van der Waals surface area contributed by atoms with Crippen LogP contribution in [0.2, 0.25) is 0 Å². The Hall–Kier alpha value is -3.43. The molecule has 31 heavy (non-hydrogen) atoms. The molecule has 0 saturated heterocycles. The lowest BCUT2D eigenvalue weighted by molar-refractivity contribution is 0.730. The van der Waals surface area contributed by atoms with Gasteiger partial charge in [-0.25, -0.2) is 4.98 Å². The second-order valence-electron chi connectivity index (χ2n) is 7.25. The first-order valence-corrected chi connectivity index (χ1v) is 11.2. The highest BCUT2D eigenvalue weighted by atomic mass is 32.2. The molecular weight excluding hydrogens is 402 g/mol. The number of allylic oxidation sites excluding steroid dienone is 1. The number of nitrogens with zero attached hydrogens (tertiary/aromatic N) is 5. The average molecular weight is 426 g/mol. The molecule has 0 N–H and O–H groups in total. The normalized spacial score (nSPS) is 10.8. The summed E-state index contributed by atoms with van der Waals surface area (Å²) in [7, 11) is 0. The number of nitriles is 1. The molecule has 154 valence electrons. The van der Waals surface area contributed by atoms with E-state index in [0.29, 0.717) is 13.0 Å².